The highest BCUT2D eigenvalue weighted by Crippen LogP contribution is 2.13. The molecule has 0 atom stereocenters. The molecular formula is C15H16ClN5O. The second kappa shape index (κ2) is 5.81. The summed E-state index contributed by atoms with van der Waals surface area (Å²) in [5.74, 6) is 1.03. The summed E-state index contributed by atoms with van der Waals surface area (Å²) in [5.41, 5.74) is 1.59. The number of hydrogen-bond acceptors (Lipinski definition) is 4. The van der Waals surface area contributed by atoms with E-state index in [0.717, 1.165) is 11.3 Å². The van der Waals surface area contributed by atoms with Gasteiger partial charge in [-0.2, -0.15) is 9.50 Å². The number of nitrogens with one attached hydrogen (secondary N) is 2. The van der Waals surface area contributed by atoms with Crippen molar-refractivity contribution in [3.63, 3.8) is 0 Å². The van der Waals surface area contributed by atoms with E-state index >= 15 is 0 Å². The van der Waals surface area contributed by atoms with Crippen LogP contribution in [0.2, 0.25) is 5.02 Å². The molecule has 0 aliphatic rings. The van der Waals surface area contributed by atoms with Gasteiger partial charge in [-0.1, -0.05) is 37.6 Å². The molecule has 2 N–H and O–H groups in total. The smallest absolute Gasteiger partial charge is 0.274 e. The maximum Gasteiger partial charge on any atom is 0.274 e. The molecule has 0 radical (unpaired) electrons. The fourth-order valence-electron chi connectivity index (χ4n) is 2.11. The first kappa shape index (κ1) is 14.6. The first-order valence-electron chi connectivity index (χ1n) is 7.01. The number of halogens is 1. The van der Waals surface area contributed by atoms with Gasteiger partial charge >= 0.3 is 0 Å². The van der Waals surface area contributed by atoms with E-state index < -0.39 is 0 Å². The molecule has 6 nitrogen and oxygen atoms in total. The monoisotopic (exact) mass is 317 g/mol. The van der Waals surface area contributed by atoms with Crippen LogP contribution in [0.3, 0.4) is 0 Å². The minimum absolute atomic E-state index is 0.169. The summed E-state index contributed by atoms with van der Waals surface area (Å²) in [5, 5.41) is 6.71. The molecule has 1 aromatic carbocycles. The predicted molar refractivity (Wildman–Crippen MR) is 86.5 cm³/mol. The van der Waals surface area contributed by atoms with E-state index in [1.807, 2.05) is 38.1 Å². The third-order valence-corrected chi connectivity index (χ3v) is 3.53. The average Bonchev–Trinajstić information content (AvgIpc) is 2.89. The minimum Gasteiger partial charge on any atom is -0.351 e. The van der Waals surface area contributed by atoms with E-state index in [-0.39, 0.29) is 11.5 Å². The number of aromatic nitrogens is 4. The molecule has 0 saturated heterocycles. The Balaban J connectivity index is 1.86. The van der Waals surface area contributed by atoms with E-state index in [1.165, 1.54) is 10.6 Å². The van der Waals surface area contributed by atoms with Crippen LogP contribution < -0.4 is 10.9 Å². The lowest BCUT2D eigenvalue weighted by Crippen LogP contribution is -2.16. The third-order valence-electron chi connectivity index (χ3n) is 3.29. The van der Waals surface area contributed by atoms with Crippen molar-refractivity contribution in [2.45, 2.75) is 26.3 Å². The van der Waals surface area contributed by atoms with Crippen LogP contribution in [0.1, 0.15) is 31.0 Å². The highest BCUT2D eigenvalue weighted by atomic mass is 35.5. The lowest BCUT2D eigenvalue weighted by atomic mass is 10.1. The summed E-state index contributed by atoms with van der Waals surface area (Å²) in [7, 11) is 0. The van der Waals surface area contributed by atoms with Crippen LogP contribution in [0.25, 0.3) is 5.78 Å². The second-order valence-corrected chi connectivity index (χ2v) is 5.80. The first-order chi connectivity index (χ1) is 10.5. The van der Waals surface area contributed by atoms with E-state index in [4.69, 9.17) is 11.6 Å². The molecule has 0 aliphatic heterocycles. The molecule has 0 aliphatic carbocycles. The van der Waals surface area contributed by atoms with Crippen molar-refractivity contribution in [1.29, 1.82) is 0 Å². The Morgan fingerprint density at radius 3 is 2.86 bits per heavy atom. The fourth-order valence-corrected chi connectivity index (χ4v) is 2.32. The normalized spacial score (nSPS) is 11.3. The third kappa shape index (κ3) is 2.96. The number of H-pyrrole nitrogens is 1. The molecule has 3 rings (SSSR count). The molecule has 2 heterocycles. The summed E-state index contributed by atoms with van der Waals surface area (Å²) in [6.07, 6.45) is 0. The van der Waals surface area contributed by atoms with Gasteiger partial charge in [0.25, 0.3) is 11.3 Å². The molecule has 7 heteroatoms. The average molecular weight is 318 g/mol. The number of nitrogens with zero attached hydrogens (tertiary/aromatic N) is 3. The van der Waals surface area contributed by atoms with Crippen LogP contribution in [0.4, 0.5) is 5.95 Å². The zero-order valence-corrected chi connectivity index (χ0v) is 13.1. The summed E-state index contributed by atoms with van der Waals surface area (Å²) < 4.78 is 1.33. The molecule has 0 spiro atoms. The molecule has 22 heavy (non-hydrogen) atoms. The summed E-state index contributed by atoms with van der Waals surface area (Å²) >= 11 is 5.95. The SMILES string of the molecule is CC(C)c1cc(=O)n2[nH]c(NCc3cccc(Cl)c3)nc2n1. The van der Waals surface area contributed by atoms with Crippen LogP contribution in [0, 0.1) is 0 Å². The van der Waals surface area contributed by atoms with Crippen molar-refractivity contribution in [2.75, 3.05) is 5.32 Å². The Labute approximate surface area is 132 Å². The van der Waals surface area contributed by atoms with Crippen LogP contribution in [0.15, 0.2) is 35.1 Å². The Hall–Kier alpha value is -2.34. The number of benzene rings is 1. The second-order valence-electron chi connectivity index (χ2n) is 5.37. The van der Waals surface area contributed by atoms with E-state index in [2.05, 4.69) is 20.4 Å². The molecule has 3 aromatic rings. The van der Waals surface area contributed by atoms with Crippen molar-refractivity contribution < 1.29 is 0 Å². The van der Waals surface area contributed by atoms with Crippen LogP contribution in [-0.4, -0.2) is 19.6 Å². The maximum atomic E-state index is 12.0. The van der Waals surface area contributed by atoms with Crippen LogP contribution in [0.5, 0.6) is 0 Å². The van der Waals surface area contributed by atoms with Crippen LogP contribution in [-0.2, 0) is 6.54 Å². The first-order valence-corrected chi connectivity index (χ1v) is 7.39. The quantitative estimate of drug-likeness (QED) is 0.776. The highest BCUT2D eigenvalue weighted by Gasteiger charge is 2.09. The summed E-state index contributed by atoms with van der Waals surface area (Å²) in [4.78, 5) is 20.7. The molecule has 0 bridgehead atoms. The number of hydrogen-bond donors (Lipinski definition) is 2. The fraction of sp³-hybridized carbons (Fsp3) is 0.267. The van der Waals surface area contributed by atoms with Crippen molar-refractivity contribution in [3.05, 3.63) is 57.0 Å². The standard InChI is InChI=1S/C15H16ClN5O/c1-9(2)12-7-13(22)21-15(18-12)19-14(20-21)17-8-10-4-3-5-11(16)6-10/h3-7,9H,8H2,1-2H3,(H2,17,18,19,20). The van der Waals surface area contributed by atoms with E-state index in [9.17, 15) is 4.79 Å². The van der Waals surface area contributed by atoms with Gasteiger partial charge in [0.15, 0.2) is 0 Å². The van der Waals surface area contributed by atoms with Gasteiger partial charge in [0.2, 0.25) is 5.95 Å². The zero-order chi connectivity index (χ0) is 15.7. The van der Waals surface area contributed by atoms with Gasteiger partial charge in [0, 0.05) is 17.6 Å². The van der Waals surface area contributed by atoms with Gasteiger partial charge in [-0.25, -0.2) is 4.98 Å². The van der Waals surface area contributed by atoms with Gasteiger partial charge in [0.05, 0.1) is 5.69 Å². The minimum atomic E-state index is -0.169. The highest BCUT2D eigenvalue weighted by molar-refractivity contribution is 6.30. The number of aromatic amines is 1. The molecule has 114 valence electrons. The lowest BCUT2D eigenvalue weighted by molar-refractivity contribution is 0.795. The Kier molecular flexibility index (Phi) is 3.85. The van der Waals surface area contributed by atoms with Gasteiger partial charge < -0.3 is 5.32 Å². The zero-order valence-electron chi connectivity index (χ0n) is 12.3. The summed E-state index contributed by atoms with van der Waals surface area (Å²) in [6.45, 7) is 4.53. The summed E-state index contributed by atoms with van der Waals surface area (Å²) in [6, 6.07) is 9.07. The van der Waals surface area contributed by atoms with E-state index in [0.29, 0.717) is 23.3 Å². The molecule has 0 amide bonds. The van der Waals surface area contributed by atoms with E-state index in [1.54, 1.807) is 0 Å². The van der Waals surface area contributed by atoms with Gasteiger partial charge in [-0.3, -0.25) is 9.89 Å². The predicted octanol–water partition coefficient (Wildman–Crippen LogP) is 2.81. The lowest BCUT2D eigenvalue weighted by Gasteiger charge is -2.02. The van der Waals surface area contributed by atoms with Gasteiger partial charge in [0.1, 0.15) is 0 Å². The van der Waals surface area contributed by atoms with Crippen molar-refractivity contribution in [3.8, 4) is 0 Å². The molecule has 2 aromatic heterocycles. The Morgan fingerprint density at radius 2 is 2.14 bits per heavy atom. The van der Waals surface area contributed by atoms with Crippen molar-refractivity contribution >= 4 is 23.3 Å². The molecule has 0 unspecified atom stereocenters. The van der Waals surface area contributed by atoms with Crippen LogP contribution >= 0.6 is 11.6 Å². The Morgan fingerprint density at radius 1 is 1.32 bits per heavy atom. The molecule has 0 fully saturated rings. The largest absolute Gasteiger partial charge is 0.351 e. The van der Waals surface area contributed by atoms with Crippen molar-refractivity contribution in [2.24, 2.45) is 0 Å². The Bertz CT molecular complexity index is 868. The number of fused-ring (bicyclic) bond motifs is 1. The molecular weight excluding hydrogens is 302 g/mol. The van der Waals surface area contributed by atoms with Gasteiger partial charge in [-0.05, 0) is 23.6 Å². The topological polar surface area (TPSA) is 75.1 Å². The number of rotatable bonds is 4. The maximum absolute atomic E-state index is 12.0. The number of anilines is 1. The molecule has 0 saturated carbocycles. The van der Waals surface area contributed by atoms with Gasteiger partial charge in [-0.15, -0.1) is 0 Å². The van der Waals surface area contributed by atoms with Crippen molar-refractivity contribution in [1.82, 2.24) is 19.6 Å².